The number of hydrogen-bond donors (Lipinski definition) is 2. The Kier molecular flexibility index (Phi) is 15.1. The van der Waals surface area contributed by atoms with Gasteiger partial charge >= 0.3 is 11.9 Å². The molecule has 0 fully saturated rings. The van der Waals surface area contributed by atoms with E-state index in [1.54, 1.807) is 0 Å². The zero-order valence-electron chi connectivity index (χ0n) is 14.4. The zero-order chi connectivity index (χ0) is 18.0. The molecule has 0 rings (SSSR count). The molecule has 0 atom stereocenters. The molecule has 0 radical (unpaired) electrons. The van der Waals surface area contributed by atoms with Gasteiger partial charge in [-0.3, -0.25) is 9.59 Å². The largest absolute Gasteiger partial charge is 0.480 e. The van der Waals surface area contributed by atoms with E-state index in [1.165, 1.54) is 12.8 Å². The first kappa shape index (κ1) is 22.3. The highest BCUT2D eigenvalue weighted by Crippen LogP contribution is 2.05. The molecule has 0 spiro atoms. The van der Waals surface area contributed by atoms with Crippen molar-refractivity contribution in [3.05, 3.63) is 0 Å². The van der Waals surface area contributed by atoms with E-state index in [2.05, 4.69) is 17.0 Å². The number of ether oxygens (including phenoxy) is 3. The molecule has 0 aliphatic heterocycles. The second kappa shape index (κ2) is 16.2. The maximum absolute atomic E-state index is 11.4. The number of unbranched alkanes of at least 4 members (excludes halogenated alkanes) is 4. The summed E-state index contributed by atoms with van der Waals surface area (Å²) in [6.07, 6.45) is 5.88. The first-order chi connectivity index (χ1) is 11.6. The Hall–Kier alpha value is -1.67. The van der Waals surface area contributed by atoms with Crippen LogP contribution in [0.25, 0.3) is 0 Å². The summed E-state index contributed by atoms with van der Waals surface area (Å²) < 4.78 is 14.9. The van der Waals surface area contributed by atoms with E-state index >= 15 is 0 Å². The Morgan fingerprint density at radius 1 is 0.917 bits per heavy atom. The number of amides is 1. The Balaban J connectivity index is 3.30. The van der Waals surface area contributed by atoms with Crippen LogP contribution in [0.5, 0.6) is 0 Å². The fourth-order valence-corrected chi connectivity index (χ4v) is 1.81. The van der Waals surface area contributed by atoms with Crippen molar-refractivity contribution in [1.29, 1.82) is 0 Å². The number of aliphatic carboxylic acids is 1. The van der Waals surface area contributed by atoms with Gasteiger partial charge in [-0.1, -0.05) is 32.6 Å². The lowest BCUT2D eigenvalue weighted by Gasteiger charge is -2.07. The maximum atomic E-state index is 11.4. The molecule has 0 aromatic rings. The second-order valence-corrected chi connectivity index (χ2v) is 5.23. The van der Waals surface area contributed by atoms with Crippen molar-refractivity contribution in [2.75, 3.05) is 39.6 Å². The second-order valence-electron chi connectivity index (χ2n) is 5.23. The van der Waals surface area contributed by atoms with Gasteiger partial charge in [0.1, 0.15) is 19.8 Å². The SMILES string of the molecule is CCCCCCCC(=O)OCCOCCNC(=O)COCC(=O)O. The third kappa shape index (κ3) is 16.7. The molecule has 0 aliphatic rings. The molecule has 0 bridgehead atoms. The minimum absolute atomic E-state index is 0.198. The first-order valence-corrected chi connectivity index (χ1v) is 8.35. The van der Waals surface area contributed by atoms with Gasteiger partial charge in [-0.2, -0.15) is 0 Å². The van der Waals surface area contributed by atoms with Crippen molar-refractivity contribution in [2.24, 2.45) is 0 Å². The van der Waals surface area contributed by atoms with Crippen LogP contribution in [0.4, 0.5) is 0 Å². The van der Waals surface area contributed by atoms with Crippen molar-refractivity contribution in [3.63, 3.8) is 0 Å². The molecule has 0 aromatic carbocycles. The summed E-state index contributed by atoms with van der Waals surface area (Å²) in [6, 6.07) is 0. The monoisotopic (exact) mass is 347 g/mol. The number of carboxylic acids is 1. The predicted octanol–water partition coefficient (Wildman–Crippen LogP) is 1.12. The minimum Gasteiger partial charge on any atom is -0.480 e. The molecule has 8 nitrogen and oxygen atoms in total. The molecule has 0 unspecified atom stereocenters. The summed E-state index contributed by atoms with van der Waals surface area (Å²) in [6.45, 7) is 2.36. The van der Waals surface area contributed by atoms with E-state index in [4.69, 9.17) is 14.6 Å². The maximum Gasteiger partial charge on any atom is 0.329 e. The van der Waals surface area contributed by atoms with Gasteiger partial charge in [0, 0.05) is 13.0 Å². The molecule has 0 heterocycles. The van der Waals surface area contributed by atoms with Crippen molar-refractivity contribution in [1.82, 2.24) is 5.32 Å². The summed E-state index contributed by atoms with van der Waals surface area (Å²) >= 11 is 0. The Morgan fingerprint density at radius 2 is 1.67 bits per heavy atom. The highest BCUT2D eigenvalue weighted by Gasteiger charge is 2.04. The van der Waals surface area contributed by atoms with Gasteiger partial charge in [0.25, 0.3) is 0 Å². The average molecular weight is 347 g/mol. The third-order valence-corrected chi connectivity index (χ3v) is 3.00. The van der Waals surface area contributed by atoms with Crippen LogP contribution in [0.15, 0.2) is 0 Å². The van der Waals surface area contributed by atoms with Gasteiger partial charge in [-0.25, -0.2) is 4.79 Å². The Morgan fingerprint density at radius 3 is 2.38 bits per heavy atom. The highest BCUT2D eigenvalue weighted by molar-refractivity contribution is 5.77. The number of carboxylic acid groups (broad SMARTS) is 1. The van der Waals surface area contributed by atoms with E-state index in [1.807, 2.05) is 0 Å². The van der Waals surface area contributed by atoms with Crippen LogP contribution in [0, 0.1) is 0 Å². The minimum atomic E-state index is -1.12. The number of rotatable bonds is 16. The summed E-state index contributed by atoms with van der Waals surface area (Å²) in [5.74, 6) is -1.74. The van der Waals surface area contributed by atoms with Crippen molar-refractivity contribution >= 4 is 17.8 Å². The lowest BCUT2D eigenvalue weighted by molar-refractivity contribution is -0.145. The molecule has 0 aromatic heterocycles. The summed E-state index contributed by atoms with van der Waals surface area (Å²) in [5, 5.41) is 10.8. The summed E-state index contributed by atoms with van der Waals surface area (Å²) in [7, 11) is 0. The molecule has 0 aliphatic carbocycles. The summed E-state index contributed by atoms with van der Waals surface area (Å²) in [5.41, 5.74) is 0. The van der Waals surface area contributed by atoms with E-state index < -0.39 is 18.5 Å². The average Bonchev–Trinajstić information content (AvgIpc) is 2.53. The molecule has 2 N–H and O–H groups in total. The van der Waals surface area contributed by atoms with E-state index in [0.717, 1.165) is 19.3 Å². The van der Waals surface area contributed by atoms with Gasteiger partial charge in [-0.05, 0) is 6.42 Å². The van der Waals surface area contributed by atoms with E-state index in [0.29, 0.717) is 6.42 Å². The molecule has 0 saturated carbocycles. The lowest BCUT2D eigenvalue weighted by atomic mass is 10.1. The topological polar surface area (TPSA) is 111 Å². The van der Waals surface area contributed by atoms with Crippen molar-refractivity contribution in [2.45, 2.75) is 45.4 Å². The molecule has 140 valence electrons. The van der Waals surface area contributed by atoms with Crippen LogP contribution in [-0.4, -0.2) is 62.5 Å². The van der Waals surface area contributed by atoms with Gasteiger partial charge in [0.15, 0.2) is 0 Å². The molecule has 8 heteroatoms. The fourth-order valence-electron chi connectivity index (χ4n) is 1.81. The normalized spacial score (nSPS) is 10.4. The molecule has 24 heavy (non-hydrogen) atoms. The van der Waals surface area contributed by atoms with Crippen LogP contribution >= 0.6 is 0 Å². The Labute approximate surface area is 142 Å². The van der Waals surface area contributed by atoms with E-state index in [-0.39, 0.29) is 38.9 Å². The number of carbonyl (C=O) groups is 3. The van der Waals surface area contributed by atoms with Crippen molar-refractivity contribution in [3.8, 4) is 0 Å². The van der Waals surface area contributed by atoms with Crippen molar-refractivity contribution < 1.29 is 33.7 Å². The van der Waals surface area contributed by atoms with Crippen LogP contribution in [0.3, 0.4) is 0 Å². The number of esters is 1. The lowest BCUT2D eigenvalue weighted by Crippen LogP contribution is -2.31. The van der Waals surface area contributed by atoms with Gasteiger partial charge < -0.3 is 24.6 Å². The quantitative estimate of drug-likeness (QED) is 0.318. The van der Waals surface area contributed by atoms with Crippen LogP contribution in [0.2, 0.25) is 0 Å². The molecule has 0 saturated heterocycles. The molecular formula is C16H29NO7. The fraction of sp³-hybridized carbons (Fsp3) is 0.812. The highest BCUT2D eigenvalue weighted by atomic mass is 16.6. The van der Waals surface area contributed by atoms with Crippen LogP contribution in [-0.2, 0) is 28.6 Å². The molecular weight excluding hydrogens is 318 g/mol. The first-order valence-electron chi connectivity index (χ1n) is 8.35. The Bertz CT molecular complexity index is 360. The number of carbonyl (C=O) groups excluding carboxylic acids is 2. The van der Waals surface area contributed by atoms with Gasteiger partial charge in [0.2, 0.25) is 5.91 Å². The van der Waals surface area contributed by atoms with Crippen LogP contribution in [0.1, 0.15) is 45.4 Å². The summed E-state index contributed by atoms with van der Waals surface area (Å²) in [4.78, 5) is 32.8. The standard InChI is InChI=1S/C16H29NO7/c1-2-3-4-5-6-7-16(21)24-11-10-22-9-8-17-14(18)12-23-13-15(19)20/h2-13H2,1H3,(H,17,18)(H,19,20). The molecule has 1 amide bonds. The van der Waals surface area contributed by atoms with Gasteiger partial charge in [-0.15, -0.1) is 0 Å². The number of nitrogens with one attached hydrogen (secondary N) is 1. The smallest absolute Gasteiger partial charge is 0.329 e. The van der Waals surface area contributed by atoms with E-state index in [9.17, 15) is 14.4 Å². The predicted molar refractivity (Wildman–Crippen MR) is 86.6 cm³/mol. The zero-order valence-corrected chi connectivity index (χ0v) is 14.4. The third-order valence-electron chi connectivity index (χ3n) is 3.00. The number of hydrogen-bond acceptors (Lipinski definition) is 6. The van der Waals surface area contributed by atoms with Crippen LogP contribution < -0.4 is 5.32 Å². The van der Waals surface area contributed by atoms with Gasteiger partial charge in [0.05, 0.1) is 13.2 Å².